The summed E-state index contributed by atoms with van der Waals surface area (Å²) in [5.41, 5.74) is 3.33. The van der Waals surface area contributed by atoms with Gasteiger partial charge in [0.2, 0.25) is 5.91 Å². The van der Waals surface area contributed by atoms with Crippen LogP contribution in [0.15, 0.2) is 29.4 Å². The zero-order valence-corrected chi connectivity index (χ0v) is 10.7. The Morgan fingerprint density at radius 2 is 2.11 bits per heavy atom. The molecule has 98 valence electrons. The molecule has 0 saturated carbocycles. The number of benzene rings is 1. The third kappa shape index (κ3) is 5.45. The van der Waals surface area contributed by atoms with Crippen LogP contribution in [0.5, 0.6) is 5.75 Å². The van der Waals surface area contributed by atoms with Gasteiger partial charge in [-0.05, 0) is 36.8 Å². The lowest BCUT2D eigenvalue weighted by Crippen LogP contribution is -2.19. The van der Waals surface area contributed by atoms with Crippen molar-refractivity contribution >= 4 is 12.1 Å². The van der Waals surface area contributed by atoms with Crippen LogP contribution in [0.1, 0.15) is 18.9 Å². The molecule has 0 saturated heterocycles. The summed E-state index contributed by atoms with van der Waals surface area (Å²) < 4.78 is 10.1. The van der Waals surface area contributed by atoms with Crippen molar-refractivity contribution in [3.8, 4) is 5.75 Å². The van der Waals surface area contributed by atoms with Crippen molar-refractivity contribution in [3.63, 3.8) is 0 Å². The minimum absolute atomic E-state index is 0.159. The second-order valence-electron chi connectivity index (χ2n) is 3.51. The van der Waals surface area contributed by atoms with E-state index in [1.165, 1.54) is 0 Å². The molecule has 0 spiro atoms. The summed E-state index contributed by atoms with van der Waals surface area (Å²) in [6.45, 7) is 2.92. The van der Waals surface area contributed by atoms with Gasteiger partial charge in [-0.3, -0.25) is 4.79 Å². The van der Waals surface area contributed by atoms with Crippen LogP contribution >= 0.6 is 0 Å². The molecule has 0 aliphatic heterocycles. The van der Waals surface area contributed by atoms with Gasteiger partial charge < -0.3 is 9.47 Å². The number of hydrazone groups is 1. The average molecular weight is 250 g/mol. The summed E-state index contributed by atoms with van der Waals surface area (Å²) in [5.74, 6) is 0.626. The van der Waals surface area contributed by atoms with E-state index in [-0.39, 0.29) is 5.91 Å². The zero-order valence-electron chi connectivity index (χ0n) is 10.7. The first-order chi connectivity index (χ1) is 8.76. The molecule has 1 aromatic carbocycles. The molecule has 0 aromatic heterocycles. The third-order valence-electron chi connectivity index (χ3n) is 2.20. The lowest BCUT2D eigenvalue weighted by molar-refractivity contribution is -0.122. The van der Waals surface area contributed by atoms with Crippen molar-refractivity contribution in [3.05, 3.63) is 29.8 Å². The first-order valence-corrected chi connectivity index (χ1v) is 5.80. The molecular formula is C13H18N2O3. The number of rotatable bonds is 7. The predicted molar refractivity (Wildman–Crippen MR) is 69.8 cm³/mol. The Hall–Kier alpha value is -1.88. The number of hydrogen-bond donors (Lipinski definition) is 1. The van der Waals surface area contributed by atoms with Crippen LogP contribution in [0, 0.1) is 0 Å². The number of amides is 1. The smallest absolute Gasteiger partial charge is 0.242 e. The quantitative estimate of drug-likeness (QED) is 0.454. The number of nitrogens with one attached hydrogen (secondary N) is 1. The van der Waals surface area contributed by atoms with Gasteiger partial charge >= 0.3 is 0 Å². The summed E-state index contributed by atoms with van der Waals surface area (Å²) in [5, 5.41) is 3.85. The second-order valence-corrected chi connectivity index (χ2v) is 3.51. The minimum Gasteiger partial charge on any atom is -0.497 e. The van der Waals surface area contributed by atoms with Gasteiger partial charge in [-0.15, -0.1) is 0 Å². The first kappa shape index (κ1) is 14.2. The Morgan fingerprint density at radius 1 is 1.39 bits per heavy atom. The standard InChI is InChI=1S/C13H18N2O3/c1-3-18-9-8-13(16)15-14-10-11-4-6-12(17-2)7-5-11/h4-7,10H,3,8-9H2,1-2H3,(H,15,16)/b14-10+. The number of nitrogens with zero attached hydrogens (tertiary/aromatic N) is 1. The molecule has 1 rings (SSSR count). The first-order valence-electron chi connectivity index (χ1n) is 5.80. The Morgan fingerprint density at radius 3 is 2.72 bits per heavy atom. The van der Waals surface area contributed by atoms with E-state index in [4.69, 9.17) is 9.47 Å². The molecule has 0 atom stereocenters. The van der Waals surface area contributed by atoms with Crippen LogP contribution in [-0.4, -0.2) is 32.4 Å². The SMILES string of the molecule is CCOCCC(=O)N/N=C/c1ccc(OC)cc1. The van der Waals surface area contributed by atoms with E-state index in [1.807, 2.05) is 31.2 Å². The van der Waals surface area contributed by atoms with Gasteiger partial charge in [0.15, 0.2) is 0 Å². The maximum absolute atomic E-state index is 11.3. The lowest BCUT2D eigenvalue weighted by Gasteiger charge is -2.00. The average Bonchev–Trinajstić information content (AvgIpc) is 2.40. The molecule has 5 nitrogen and oxygen atoms in total. The molecule has 0 bridgehead atoms. The van der Waals surface area contributed by atoms with E-state index in [2.05, 4.69) is 10.5 Å². The van der Waals surface area contributed by atoms with Crippen LogP contribution < -0.4 is 10.2 Å². The molecule has 1 aromatic rings. The minimum atomic E-state index is -0.159. The highest BCUT2D eigenvalue weighted by Crippen LogP contribution is 2.09. The molecule has 1 N–H and O–H groups in total. The van der Waals surface area contributed by atoms with Crippen LogP contribution in [0.25, 0.3) is 0 Å². The van der Waals surface area contributed by atoms with Gasteiger partial charge in [0.05, 0.1) is 26.4 Å². The van der Waals surface area contributed by atoms with Crippen molar-refractivity contribution in [2.75, 3.05) is 20.3 Å². The monoisotopic (exact) mass is 250 g/mol. The highest BCUT2D eigenvalue weighted by molar-refractivity contribution is 5.82. The van der Waals surface area contributed by atoms with Gasteiger partial charge in [-0.1, -0.05) is 0 Å². The largest absolute Gasteiger partial charge is 0.497 e. The van der Waals surface area contributed by atoms with Gasteiger partial charge in [0.25, 0.3) is 0 Å². The van der Waals surface area contributed by atoms with Crippen molar-refractivity contribution < 1.29 is 14.3 Å². The molecule has 0 aliphatic rings. The molecule has 0 aliphatic carbocycles. The van der Waals surface area contributed by atoms with Crippen LogP contribution in [0.4, 0.5) is 0 Å². The molecule has 5 heteroatoms. The van der Waals surface area contributed by atoms with E-state index < -0.39 is 0 Å². The maximum atomic E-state index is 11.3. The van der Waals surface area contributed by atoms with Gasteiger partial charge in [0, 0.05) is 6.61 Å². The van der Waals surface area contributed by atoms with E-state index in [0.717, 1.165) is 11.3 Å². The lowest BCUT2D eigenvalue weighted by atomic mass is 10.2. The number of ether oxygens (including phenoxy) is 2. The molecule has 1 amide bonds. The number of carbonyl (C=O) groups is 1. The Labute approximate surface area is 107 Å². The summed E-state index contributed by atoms with van der Waals surface area (Å²) in [4.78, 5) is 11.3. The molecule has 0 heterocycles. The number of carbonyl (C=O) groups excluding carboxylic acids is 1. The zero-order chi connectivity index (χ0) is 13.2. The molecule has 0 unspecified atom stereocenters. The number of methoxy groups -OCH3 is 1. The van der Waals surface area contributed by atoms with Crippen LogP contribution in [0.3, 0.4) is 0 Å². The summed E-state index contributed by atoms with van der Waals surface area (Å²) in [6, 6.07) is 7.37. The predicted octanol–water partition coefficient (Wildman–Crippen LogP) is 1.57. The Bertz CT molecular complexity index is 388. The van der Waals surface area contributed by atoms with Gasteiger partial charge in [-0.2, -0.15) is 5.10 Å². The van der Waals surface area contributed by atoms with E-state index in [1.54, 1.807) is 13.3 Å². The maximum Gasteiger partial charge on any atom is 0.242 e. The summed E-state index contributed by atoms with van der Waals surface area (Å²) in [6.07, 6.45) is 1.89. The van der Waals surface area contributed by atoms with Crippen molar-refractivity contribution in [1.82, 2.24) is 5.43 Å². The van der Waals surface area contributed by atoms with Gasteiger partial charge in [0.1, 0.15) is 5.75 Å². The molecule has 0 radical (unpaired) electrons. The van der Waals surface area contributed by atoms with Crippen LogP contribution in [-0.2, 0) is 9.53 Å². The van der Waals surface area contributed by atoms with E-state index in [9.17, 15) is 4.79 Å². The summed E-state index contributed by atoms with van der Waals surface area (Å²) >= 11 is 0. The van der Waals surface area contributed by atoms with Crippen molar-refractivity contribution in [1.29, 1.82) is 0 Å². The van der Waals surface area contributed by atoms with Crippen LogP contribution in [0.2, 0.25) is 0 Å². The fourth-order valence-electron chi connectivity index (χ4n) is 1.23. The normalized spacial score (nSPS) is 10.6. The summed E-state index contributed by atoms with van der Waals surface area (Å²) in [7, 11) is 1.61. The fourth-order valence-corrected chi connectivity index (χ4v) is 1.23. The molecular weight excluding hydrogens is 232 g/mol. The fraction of sp³-hybridized carbons (Fsp3) is 0.385. The third-order valence-corrected chi connectivity index (χ3v) is 2.20. The van der Waals surface area contributed by atoms with Crippen molar-refractivity contribution in [2.24, 2.45) is 5.10 Å². The van der Waals surface area contributed by atoms with E-state index in [0.29, 0.717) is 19.6 Å². The molecule has 18 heavy (non-hydrogen) atoms. The Kier molecular flexibility index (Phi) is 6.50. The second kappa shape index (κ2) is 8.25. The van der Waals surface area contributed by atoms with E-state index >= 15 is 0 Å². The Balaban J connectivity index is 2.32. The number of hydrogen-bond acceptors (Lipinski definition) is 4. The van der Waals surface area contributed by atoms with Crippen molar-refractivity contribution in [2.45, 2.75) is 13.3 Å². The highest BCUT2D eigenvalue weighted by atomic mass is 16.5. The topological polar surface area (TPSA) is 59.9 Å². The molecule has 0 fully saturated rings. The highest BCUT2D eigenvalue weighted by Gasteiger charge is 1.98. The van der Waals surface area contributed by atoms with Gasteiger partial charge in [-0.25, -0.2) is 5.43 Å².